The number of benzene rings is 3. The molecule has 2 saturated carbocycles. The summed E-state index contributed by atoms with van der Waals surface area (Å²) >= 11 is 0. The molecule has 8 heteroatoms. The average molecular weight is 626 g/mol. The van der Waals surface area contributed by atoms with E-state index >= 15 is 0 Å². The van der Waals surface area contributed by atoms with Gasteiger partial charge >= 0.3 is 0 Å². The predicted octanol–water partition coefficient (Wildman–Crippen LogP) is 7.56. The van der Waals surface area contributed by atoms with Gasteiger partial charge in [0.15, 0.2) is 0 Å². The highest BCUT2D eigenvalue weighted by Crippen LogP contribution is 2.50. The molecule has 1 heterocycles. The summed E-state index contributed by atoms with van der Waals surface area (Å²) in [5, 5.41) is 18.1. The van der Waals surface area contributed by atoms with E-state index in [0.29, 0.717) is 51.7 Å². The fourth-order valence-electron chi connectivity index (χ4n) is 8.49. The third-order valence-corrected chi connectivity index (χ3v) is 9.89. The molecular formula is C38H44FN3O4. The molecule has 0 saturated heterocycles. The number of anilines is 1. The normalized spacial score (nSPS) is 24.1. The van der Waals surface area contributed by atoms with E-state index in [1.54, 1.807) is 19.2 Å². The molecule has 2 fully saturated rings. The summed E-state index contributed by atoms with van der Waals surface area (Å²) in [5.74, 6) is 0.188. The van der Waals surface area contributed by atoms with Crippen LogP contribution >= 0.6 is 0 Å². The van der Waals surface area contributed by atoms with Gasteiger partial charge in [-0.15, -0.1) is 0 Å². The number of furan rings is 1. The highest BCUT2D eigenvalue weighted by atomic mass is 19.1. The summed E-state index contributed by atoms with van der Waals surface area (Å²) in [5.41, 5.74) is 3.51. The monoisotopic (exact) mass is 625 g/mol. The van der Waals surface area contributed by atoms with Crippen molar-refractivity contribution >= 4 is 28.5 Å². The van der Waals surface area contributed by atoms with E-state index in [2.05, 4.69) is 43.2 Å². The first-order valence-corrected chi connectivity index (χ1v) is 16.5. The largest absolute Gasteiger partial charge is 0.455 e. The van der Waals surface area contributed by atoms with Crippen LogP contribution in [-0.2, 0) is 0 Å². The smallest absolute Gasteiger partial charge is 0.255 e. The molecule has 3 N–H and O–H groups in total. The van der Waals surface area contributed by atoms with Crippen molar-refractivity contribution in [1.29, 1.82) is 0 Å². The van der Waals surface area contributed by atoms with Gasteiger partial charge in [0, 0.05) is 59.5 Å². The lowest BCUT2D eigenvalue weighted by atomic mass is 9.59. The molecule has 0 radical (unpaired) electrons. The summed E-state index contributed by atoms with van der Waals surface area (Å²) in [6, 6.07) is 17.4. The fraction of sp³-hybridized carbons (Fsp3) is 0.421. The lowest BCUT2D eigenvalue weighted by Crippen LogP contribution is -2.61. The zero-order chi connectivity index (χ0) is 32.8. The van der Waals surface area contributed by atoms with Gasteiger partial charge in [-0.1, -0.05) is 26.0 Å². The first kappa shape index (κ1) is 31.8. The lowest BCUT2D eigenvalue weighted by Gasteiger charge is -2.54. The van der Waals surface area contributed by atoms with E-state index in [0.717, 1.165) is 55.6 Å². The summed E-state index contributed by atoms with van der Waals surface area (Å²) in [6.07, 6.45) is 3.84. The minimum absolute atomic E-state index is 0.147. The summed E-state index contributed by atoms with van der Waals surface area (Å²) < 4.78 is 20.1. The first-order chi connectivity index (χ1) is 22.0. The molecule has 4 atom stereocenters. The molecule has 242 valence electrons. The topological polar surface area (TPSA) is 94.8 Å². The molecule has 2 aliphatic rings. The van der Waals surface area contributed by atoms with Gasteiger partial charge in [0.05, 0.1) is 11.2 Å². The Labute approximate surface area is 270 Å². The van der Waals surface area contributed by atoms with Crippen molar-refractivity contribution in [3.63, 3.8) is 0 Å². The van der Waals surface area contributed by atoms with Gasteiger partial charge in [0.1, 0.15) is 17.2 Å². The molecule has 2 bridgehead atoms. The number of halogens is 1. The molecule has 0 spiro atoms. The van der Waals surface area contributed by atoms with Crippen LogP contribution in [0.25, 0.3) is 33.4 Å². The zero-order valence-electron chi connectivity index (χ0n) is 27.4. The molecule has 0 aliphatic heterocycles. The van der Waals surface area contributed by atoms with Crippen LogP contribution in [0.3, 0.4) is 0 Å². The van der Waals surface area contributed by atoms with Crippen molar-refractivity contribution in [3.05, 3.63) is 77.6 Å². The van der Waals surface area contributed by atoms with Gasteiger partial charge in [-0.2, -0.15) is 0 Å². The van der Waals surface area contributed by atoms with Gasteiger partial charge in [0.25, 0.3) is 11.8 Å². The van der Waals surface area contributed by atoms with Crippen molar-refractivity contribution in [2.45, 2.75) is 70.9 Å². The zero-order valence-corrected chi connectivity index (χ0v) is 27.4. The number of rotatable bonds is 8. The number of amides is 2. The summed E-state index contributed by atoms with van der Waals surface area (Å²) in [6.45, 7) is 9.98. The fourth-order valence-corrected chi connectivity index (χ4v) is 8.49. The van der Waals surface area contributed by atoms with Crippen LogP contribution in [0.15, 0.2) is 65.1 Å². The molecule has 4 aromatic rings. The second-order valence-electron chi connectivity index (χ2n) is 13.7. The second kappa shape index (κ2) is 12.2. The van der Waals surface area contributed by atoms with Gasteiger partial charge in [-0.05, 0) is 106 Å². The second-order valence-corrected chi connectivity index (χ2v) is 13.7. The Morgan fingerprint density at radius 1 is 0.935 bits per heavy atom. The number of hydrogen-bond acceptors (Lipinski definition) is 5. The Kier molecular flexibility index (Phi) is 8.44. The van der Waals surface area contributed by atoms with E-state index in [9.17, 15) is 19.1 Å². The van der Waals surface area contributed by atoms with Crippen LogP contribution in [0.1, 0.15) is 80.5 Å². The Balaban J connectivity index is 1.45. The Morgan fingerprint density at radius 3 is 2.24 bits per heavy atom. The maximum absolute atomic E-state index is 13.9. The van der Waals surface area contributed by atoms with Crippen LogP contribution in [0.5, 0.6) is 0 Å². The number of aliphatic hydroxyl groups is 1. The highest BCUT2D eigenvalue weighted by Gasteiger charge is 2.52. The van der Waals surface area contributed by atoms with E-state index in [4.69, 9.17) is 4.42 Å². The molecule has 2 aliphatic carbocycles. The molecule has 1 aromatic heterocycles. The van der Waals surface area contributed by atoms with Gasteiger partial charge < -0.3 is 25.1 Å². The Hall–Kier alpha value is -4.17. The van der Waals surface area contributed by atoms with E-state index < -0.39 is 11.1 Å². The first-order valence-electron chi connectivity index (χ1n) is 16.5. The average Bonchev–Trinajstić information content (AvgIpc) is 3.38. The number of nitrogens with zero attached hydrogens (tertiary/aromatic N) is 1. The minimum atomic E-state index is -0.738. The third-order valence-electron chi connectivity index (χ3n) is 9.89. The standard InChI is InChI=1S/C38H44FN3O4/c1-6-42(7-2)31-17-32-30(33(36(44)40-5)34(46-32)25-11-13-28(39)14-12-25)16-29(31)26-9-8-10-27(15-26)35(43)41-37-18-23(3)20-38(45,22-37)21-24(4)19-37/h8-17,23-24,45H,6-7,18-22H2,1-5H3,(H,40,44)(H,41,43)/t23-,24+,37?,38?. The van der Waals surface area contributed by atoms with Crippen molar-refractivity contribution in [2.75, 3.05) is 25.0 Å². The number of carbonyl (C=O) groups is 2. The Morgan fingerprint density at radius 2 is 1.61 bits per heavy atom. The number of carbonyl (C=O) groups excluding carboxylic acids is 2. The van der Waals surface area contributed by atoms with E-state index in [-0.39, 0.29) is 17.6 Å². The van der Waals surface area contributed by atoms with E-state index in [1.165, 1.54) is 12.1 Å². The number of hydrogen-bond donors (Lipinski definition) is 3. The molecule has 3 aromatic carbocycles. The van der Waals surface area contributed by atoms with Crippen LogP contribution < -0.4 is 15.5 Å². The minimum Gasteiger partial charge on any atom is -0.455 e. The predicted molar refractivity (Wildman–Crippen MR) is 181 cm³/mol. The van der Waals surface area contributed by atoms with Gasteiger partial charge in [0.2, 0.25) is 0 Å². The molecule has 7 nitrogen and oxygen atoms in total. The maximum Gasteiger partial charge on any atom is 0.255 e. The Bertz CT molecular complexity index is 1760. The van der Waals surface area contributed by atoms with Crippen LogP contribution in [-0.4, -0.2) is 48.2 Å². The molecule has 6 rings (SSSR count). The molecule has 2 amide bonds. The summed E-state index contributed by atoms with van der Waals surface area (Å²) in [7, 11) is 1.57. The molecular weight excluding hydrogens is 581 g/mol. The van der Waals surface area contributed by atoms with Gasteiger partial charge in [-0.25, -0.2) is 4.39 Å². The van der Waals surface area contributed by atoms with Gasteiger partial charge in [-0.3, -0.25) is 9.59 Å². The van der Waals surface area contributed by atoms with Crippen LogP contribution in [0.4, 0.5) is 10.1 Å². The quantitative estimate of drug-likeness (QED) is 0.188. The third kappa shape index (κ3) is 5.91. The van der Waals surface area contributed by atoms with Crippen LogP contribution in [0.2, 0.25) is 0 Å². The SMILES string of the molecule is CCN(CC)c1cc2oc(-c3ccc(F)cc3)c(C(=O)NC)c2cc1-c1cccc(C(=O)NC23C[C@H](C)CC(O)(C[C@H](C)C2)C3)c1. The number of fused-ring (bicyclic) bond motifs is 3. The van der Waals surface area contributed by atoms with Crippen molar-refractivity contribution in [3.8, 4) is 22.5 Å². The number of nitrogens with one attached hydrogen (secondary N) is 2. The maximum atomic E-state index is 13.9. The summed E-state index contributed by atoms with van der Waals surface area (Å²) in [4.78, 5) is 29.4. The lowest BCUT2D eigenvalue weighted by molar-refractivity contribution is -0.0962. The highest BCUT2D eigenvalue weighted by molar-refractivity contribution is 6.13. The van der Waals surface area contributed by atoms with Crippen molar-refractivity contribution in [2.24, 2.45) is 11.8 Å². The molecule has 46 heavy (non-hydrogen) atoms. The van der Waals surface area contributed by atoms with Crippen LogP contribution in [0, 0.1) is 17.7 Å². The van der Waals surface area contributed by atoms with Crippen molar-refractivity contribution in [1.82, 2.24) is 10.6 Å². The molecule has 2 unspecified atom stereocenters. The van der Waals surface area contributed by atoms with Crippen molar-refractivity contribution < 1.29 is 23.5 Å². The van der Waals surface area contributed by atoms with E-state index in [1.807, 2.05) is 36.4 Å².